The Balaban J connectivity index is 0.000000168. The lowest BCUT2D eigenvalue weighted by Gasteiger charge is -2.30. The quantitative estimate of drug-likeness (QED) is 0.0115. The molecule has 6 amide bonds. The lowest BCUT2D eigenvalue weighted by Crippen LogP contribution is -2.50. The van der Waals surface area contributed by atoms with Crippen molar-refractivity contribution >= 4 is 96.9 Å². The average molecular weight is 1690 g/mol. The highest BCUT2D eigenvalue weighted by Crippen LogP contribution is 2.31. The summed E-state index contributed by atoms with van der Waals surface area (Å²) in [4.78, 5) is 92.5. The molecule has 3 fully saturated rings. The summed E-state index contributed by atoms with van der Waals surface area (Å²) in [5, 5.41) is 25.9. The van der Waals surface area contributed by atoms with Gasteiger partial charge in [0, 0.05) is 129 Å². The van der Waals surface area contributed by atoms with Crippen LogP contribution in [0.5, 0.6) is 0 Å². The Kier molecular flexibility index (Phi) is 33.0. The molecule has 24 heteroatoms. The van der Waals surface area contributed by atoms with Crippen molar-refractivity contribution in [3.05, 3.63) is 321 Å². The molecule has 0 unspecified atom stereocenters. The molecule has 0 aromatic heterocycles. The second-order valence-electron chi connectivity index (χ2n) is 31.4. The molecule has 3 saturated heterocycles. The lowest BCUT2D eigenvalue weighted by molar-refractivity contribution is -0.134. The Bertz CT molecular complexity index is 5250. The Labute approximate surface area is 723 Å². The molecule has 11 aromatic rings. The minimum Gasteiger partial charge on any atom is -0.370 e. The molecule has 3 aliphatic heterocycles. The van der Waals surface area contributed by atoms with E-state index in [-0.39, 0.29) is 89.0 Å². The van der Waals surface area contributed by atoms with Crippen LogP contribution in [0.2, 0.25) is 10.0 Å². The average Bonchev–Trinajstić information content (AvgIpc) is 1.68. The summed E-state index contributed by atoms with van der Waals surface area (Å²) in [6.07, 6.45) is 4.49. The summed E-state index contributed by atoms with van der Waals surface area (Å²) in [5.41, 5.74) is 24.0. The van der Waals surface area contributed by atoms with Crippen molar-refractivity contribution < 1.29 is 37.5 Å². The molecule has 0 spiro atoms. The summed E-state index contributed by atoms with van der Waals surface area (Å²) < 4.78 is 27.1. The van der Waals surface area contributed by atoms with E-state index in [1.54, 1.807) is 54.6 Å². The maximum absolute atomic E-state index is 14.1. The fraction of sp³-hybridized carbons (Fsp3) is 0.316. The Morgan fingerprint density at radius 1 is 0.451 bits per heavy atom. The number of hydrogen-bond donors (Lipinski definition) is 9. The number of rotatable bonds is 30. The van der Waals surface area contributed by atoms with E-state index >= 15 is 0 Å². The topological polar surface area (TPSA) is 278 Å². The van der Waals surface area contributed by atoms with E-state index in [1.807, 2.05) is 118 Å². The molecule has 3 heterocycles. The van der Waals surface area contributed by atoms with Gasteiger partial charge in [-0.15, -0.1) is 0 Å². The van der Waals surface area contributed by atoms with Crippen LogP contribution in [0, 0.1) is 11.6 Å². The highest BCUT2D eigenvalue weighted by atomic mass is 35.5. The van der Waals surface area contributed by atoms with Gasteiger partial charge in [-0.2, -0.15) is 0 Å². The zero-order valence-electron chi connectivity index (χ0n) is 69.1. The SMILES string of the molecule is CCN(CC)CC[C@@H]1N[C@H](CNC(=O)c2ccc3cc(F)ccc3c2)CCN(CC(c2ccccc2)c2ccccc2)C1=O.NC(N)=NCCC[C@@H]1N[C@H](CNC(=O)c2ccc3ccccc3c2)CCN(Cc2cc(Cl)cc(Cl)c2)C1=O.NCC[C@@H]1N[C@H](CNC(=O)c2ccc3cc(F)ccc3c2)CCN(CC(c2ccccc2)c2ccccc2)C1=O. The van der Waals surface area contributed by atoms with Crippen LogP contribution in [0.25, 0.3) is 32.3 Å². The molecule has 0 aliphatic carbocycles. The van der Waals surface area contributed by atoms with E-state index in [0.29, 0.717) is 137 Å². The van der Waals surface area contributed by atoms with Crippen LogP contribution in [0.15, 0.2) is 260 Å². The number of carbonyl (C=O) groups excluding carboxylic acids is 6. The Morgan fingerprint density at radius 3 is 1.21 bits per heavy atom. The standard InChI is InChI=1S/C37H43FN4O2.C33H35FN4O2.C28H32Cl2N6O2/c1-3-41(4-2)21-20-35-37(44)42(26-34(27-11-7-5-8-12-27)28-13-9-6-10-14-28)22-19-33(40-35)25-39-36(43)31-16-15-30-24-32(38)18-17-29(30)23-31;34-28-14-13-25-19-27(12-11-26(25)20-28)32(39)36-21-29-16-18-38(33(40)31(37-29)15-17-35)22-30(23-7-3-1-4-8-23)24-9-5-2-6-10-24;29-22-12-18(13-23(30)15-22)17-36-11-9-24(35-25(27(36)38)6-3-10-33-28(31)32)16-34-26(37)21-8-7-19-4-1-2-5-20(19)14-21/h5-18,23-24,33-35,40H,3-4,19-22,25-26H2,1-2H3,(H,39,43);1-14,19-20,29-31,37H,15-18,21-22,35H2,(H,36,39);1-2,4-5,7-8,12-15,24-25,35H,3,6,9-11,16-17H2,(H,34,37)(H4,31,32,33)/t33-,35-;29-,31-;24-,25-/m000/s1. The first-order valence-corrected chi connectivity index (χ1v) is 43.0. The number of nitrogens with one attached hydrogen (secondary N) is 6. The zero-order valence-corrected chi connectivity index (χ0v) is 70.7. The number of hydrogen-bond acceptors (Lipinski definition) is 12. The Hall–Kier alpha value is -11.5. The summed E-state index contributed by atoms with van der Waals surface area (Å²) >= 11 is 12.4. The fourth-order valence-electron chi connectivity index (χ4n) is 16.3. The second kappa shape index (κ2) is 44.9. The summed E-state index contributed by atoms with van der Waals surface area (Å²) in [5.74, 6) is -0.878. The molecule has 0 saturated carbocycles. The normalized spacial score (nSPS) is 17.6. The molecule has 122 heavy (non-hydrogen) atoms. The van der Waals surface area contributed by atoms with Crippen LogP contribution in [-0.2, 0) is 20.9 Å². The van der Waals surface area contributed by atoms with Gasteiger partial charge in [-0.1, -0.05) is 213 Å². The minimum absolute atomic E-state index is 0.0193. The summed E-state index contributed by atoms with van der Waals surface area (Å²) in [6, 6.07) is 78.3. The van der Waals surface area contributed by atoms with Crippen LogP contribution in [-0.4, -0.2) is 182 Å². The van der Waals surface area contributed by atoms with Crippen LogP contribution in [0.4, 0.5) is 8.78 Å². The number of amides is 6. The van der Waals surface area contributed by atoms with E-state index < -0.39 is 12.1 Å². The third-order valence-electron chi connectivity index (χ3n) is 23.0. The summed E-state index contributed by atoms with van der Waals surface area (Å²) in [6.45, 7) is 12.2. The van der Waals surface area contributed by atoms with Crippen LogP contribution in [0.3, 0.4) is 0 Å². The summed E-state index contributed by atoms with van der Waals surface area (Å²) in [7, 11) is 0. The monoisotopic (exact) mass is 1690 g/mol. The third kappa shape index (κ3) is 25.6. The largest absolute Gasteiger partial charge is 0.370 e. The first-order chi connectivity index (χ1) is 59.2. The number of nitrogens with zero attached hydrogens (tertiary/aromatic N) is 5. The van der Waals surface area contributed by atoms with Gasteiger partial charge >= 0.3 is 0 Å². The molecule has 14 rings (SSSR count). The van der Waals surface area contributed by atoms with Crippen molar-refractivity contribution in [2.24, 2.45) is 22.2 Å². The smallest absolute Gasteiger partial charge is 0.251 e. The lowest BCUT2D eigenvalue weighted by atomic mass is 9.90. The van der Waals surface area contributed by atoms with Crippen LogP contribution < -0.4 is 49.1 Å². The maximum Gasteiger partial charge on any atom is 0.251 e. The molecule has 3 aliphatic rings. The Morgan fingerprint density at radius 2 is 0.803 bits per heavy atom. The molecule has 636 valence electrons. The number of benzene rings is 11. The van der Waals surface area contributed by atoms with Gasteiger partial charge in [0.15, 0.2) is 5.96 Å². The predicted molar refractivity (Wildman–Crippen MR) is 485 cm³/mol. The molecule has 0 radical (unpaired) electrons. The van der Waals surface area contributed by atoms with Gasteiger partial charge in [0.1, 0.15) is 11.6 Å². The molecule has 11 aromatic carbocycles. The van der Waals surface area contributed by atoms with Gasteiger partial charge in [0.2, 0.25) is 17.7 Å². The predicted octanol–water partition coefficient (Wildman–Crippen LogP) is 14.0. The van der Waals surface area contributed by atoms with E-state index in [0.717, 1.165) is 75.1 Å². The van der Waals surface area contributed by atoms with Crippen molar-refractivity contribution in [3.8, 4) is 0 Å². The van der Waals surface area contributed by atoms with E-state index in [1.165, 1.54) is 35.4 Å². The molecule has 6 atom stereocenters. The van der Waals surface area contributed by atoms with Gasteiger partial charge < -0.3 is 68.7 Å². The van der Waals surface area contributed by atoms with Gasteiger partial charge in [-0.05, 0) is 204 Å². The number of aliphatic imine (C=N–C) groups is 1. The molecule has 12 N–H and O–H groups in total. The van der Waals surface area contributed by atoms with Crippen LogP contribution >= 0.6 is 23.2 Å². The van der Waals surface area contributed by atoms with Crippen molar-refractivity contribution in [1.82, 2.24) is 51.5 Å². The van der Waals surface area contributed by atoms with Gasteiger partial charge in [-0.3, -0.25) is 33.8 Å². The highest BCUT2D eigenvalue weighted by Gasteiger charge is 2.36. The maximum atomic E-state index is 14.1. The van der Waals surface area contributed by atoms with Crippen molar-refractivity contribution in [2.75, 3.05) is 85.1 Å². The van der Waals surface area contributed by atoms with Crippen LogP contribution in [0.1, 0.15) is 130 Å². The van der Waals surface area contributed by atoms with Gasteiger partial charge in [0.25, 0.3) is 17.7 Å². The molecular formula is C98H110Cl2F2N14O6. The first kappa shape index (κ1) is 89.8. The number of nitrogens with two attached hydrogens (primary N) is 3. The minimum atomic E-state index is -0.441. The van der Waals surface area contributed by atoms with E-state index in [4.69, 9.17) is 40.4 Å². The molecular weight excluding hydrogens is 1580 g/mol. The zero-order chi connectivity index (χ0) is 85.9. The molecule has 0 bridgehead atoms. The van der Waals surface area contributed by atoms with E-state index in [9.17, 15) is 37.5 Å². The van der Waals surface area contributed by atoms with E-state index in [2.05, 4.69) is 128 Å². The van der Waals surface area contributed by atoms with Crippen molar-refractivity contribution in [3.63, 3.8) is 0 Å². The second-order valence-corrected chi connectivity index (χ2v) is 32.3. The van der Waals surface area contributed by atoms with Gasteiger partial charge in [0.05, 0.1) is 18.1 Å². The van der Waals surface area contributed by atoms with Crippen molar-refractivity contribution in [2.45, 2.75) is 113 Å². The first-order valence-electron chi connectivity index (χ1n) is 42.2. The highest BCUT2D eigenvalue weighted by molar-refractivity contribution is 6.34. The number of halogens is 4. The number of carbonyl (C=O) groups is 6. The molecule has 20 nitrogen and oxygen atoms in total. The van der Waals surface area contributed by atoms with Crippen molar-refractivity contribution in [1.29, 1.82) is 0 Å². The fourth-order valence-corrected chi connectivity index (χ4v) is 16.9. The van der Waals surface area contributed by atoms with Gasteiger partial charge in [-0.25, -0.2) is 8.78 Å². The number of guanidine groups is 1. The number of fused-ring (bicyclic) bond motifs is 3. The third-order valence-corrected chi connectivity index (χ3v) is 23.4.